The van der Waals surface area contributed by atoms with Gasteiger partial charge in [0.2, 0.25) is 0 Å². The van der Waals surface area contributed by atoms with E-state index >= 15 is 0 Å². The lowest BCUT2D eigenvalue weighted by Crippen LogP contribution is -2.36. The Labute approximate surface area is 106 Å². The lowest BCUT2D eigenvalue weighted by Gasteiger charge is -2.31. The number of thioether (sulfide) groups is 1. The molecular formula is C12H19N3OS. The molecule has 1 aliphatic heterocycles. The third-order valence-electron chi connectivity index (χ3n) is 3.16. The lowest BCUT2D eigenvalue weighted by atomic mass is 9.99. The number of aliphatic hydroxyl groups is 1. The van der Waals surface area contributed by atoms with Crippen molar-refractivity contribution < 1.29 is 5.11 Å². The minimum absolute atomic E-state index is 0.298. The summed E-state index contributed by atoms with van der Waals surface area (Å²) in [6, 6.07) is 0. The maximum Gasteiger partial charge on any atom is 0.119 e. The Morgan fingerprint density at radius 2 is 2.29 bits per heavy atom. The van der Waals surface area contributed by atoms with E-state index in [0.717, 1.165) is 36.8 Å². The first-order chi connectivity index (χ1) is 8.33. The summed E-state index contributed by atoms with van der Waals surface area (Å²) in [6.07, 6.45) is 7.83. The van der Waals surface area contributed by atoms with Crippen molar-refractivity contribution in [1.82, 2.24) is 14.9 Å². The van der Waals surface area contributed by atoms with Crippen LogP contribution in [0, 0.1) is 5.92 Å². The molecule has 1 saturated heterocycles. The molecule has 1 aromatic heterocycles. The summed E-state index contributed by atoms with van der Waals surface area (Å²) in [6.45, 7) is 3.22. The Kier molecular flexibility index (Phi) is 4.76. The third kappa shape index (κ3) is 3.40. The molecule has 0 saturated carbocycles. The average Bonchev–Trinajstić information content (AvgIpc) is 2.39. The Bertz CT molecular complexity index is 361. The second-order valence-electron chi connectivity index (χ2n) is 4.44. The number of hydrogen-bond acceptors (Lipinski definition) is 5. The van der Waals surface area contributed by atoms with E-state index in [1.807, 2.05) is 6.26 Å². The molecule has 2 rings (SSSR count). The SMILES string of the molecule is CSc1nccnc1CN1CCC[C@@H](CO)C1. The minimum Gasteiger partial charge on any atom is -0.396 e. The molecule has 1 aromatic rings. The molecule has 0 bridgehead atoms. The largest absolute Gasteiger partial charge is 0.396 e. The van der Waals surface area contributed by atoms with Gasteiger partial charge in [0, 0.05) is 32.1 Å². The molecule has 0 aromatic carbocycles. The van der Waals surface area contributed by atoms with Crippen LogP contribution in [0.5, 0.6) is 0 Å². The van der Waals surface area contributed by atoms with Crippen LogP contribution >= 0.6 is 11.8 Å². The molecule has 17 heavy (non-hydrogen) atoms. The highest BCUT2D eigenvalue weighted by molar-refractivity contribution is 7.98. The van der Waals surface area contributed by atoms with E-state index in [1.54, 1.807) is 24.2 Å². The van der Waals surface area contributed by atoms with Crippen molar-refractivity contribution >= 4 is 11.8 Å². The van der Waals surface area contributed by atoms with Gasteiger partial charge in [0.25, 0.3) is 0 Å². The Hall–Kier alpha value is -0.650. The molecule has 1 N–H and O–H groups in total. The van der Waals surface area contributed by atoms with Crippen LogP contribution in [0.1, 0.15) is 18.5 Å². The smallest absolute Gasteiger partial charge is 0.119 e. The number of aromatic nitrogens is 2. The van der Waals surface area contributed by atoms with Crippen LogP contribution in [0.4, 0.5) is 0 Å². The predicted molar refractivity (Wildman–Crippen MR) is 68.9 cm³/mol. The summed E-state index contributed by atoms with van der Waals surface area (Å²) in [5.41, 5.74) is 1.05. The highest BCUT2D eigenvalue weighted by Crippen LogP contribution is 2.21. The first kappa shape index (κ1) is 12.8. The monoisotopic (exact) mass is 253 g/mol. The van der Waals surface area contributed by atoms with Crippen LogP contribution < -0.4 is 0 Å². The van der Waals surface area contributed by atoms with Crippen LogP contribution in [0.15, 0.2) is 17.4 Å². The van der Waals surface area contributed by atoms with Crippen molar-refractivity contribution in [2.45, 2.75) is 24.4 Å². The van der Waals surface area contributed by atoms with Crippen LogP contribution in [0.25, 0.3) is 0 Å². The Balaban J connectivity index is 2.00. The zero-order valence-electron chi connectivity index (χ0n) is 10.2. The van der Waals surface area contributed by atoms with Gasteiger partial charge in [-0.05, 0) is 31.6 Å². The maximum absolute atomic E-state index is 9.22. The second-order valence-corrected chi connectivity index (χ2v) is 5.23. The number of hydrogen-bond donors (Lipinski definition) is 1. The second kappa shape index (κ2) is 6.33. The first-order valence-corrected chi connectivity index (χ1v) is 7.23. The van der Waals surface area contributed by atoms with E-state index < -0.39 is 0 Å². The van der Waals surface area contributed by atoms with Crippen molar-refractivity contribution in [2.75, 3.05) is 26.0 Å². The third-order valence-corrected chi connectivity index (χ3v) is 3.89. The number of nitrogens with zero attached hydrogens (tertiary/aromatic N) is 3. The predicted octanol–water partition coefficient (Wildman–Crippen LogP) is 1.40. The van der Waals surface area contributed by atoms with Crippen molar-refractivity contribution in [3.63, 3.8) is 0 Å². The van der Waals surface area contributed by atoms with Gasteiger partial charge < -0.3 is 5.11 Å². The molecule has 4 nitrogen and oxygen atoms in total. The van der Waals surface area contributed by atoms with Gasteiger partial charge in [0.15, 0.2) is 0 Å². The van der Waals surface area contributed by atoms with Crippen molar-refractivity contribution in [3.8, 4) is 0 Å². The van der Waals surface area contributed by atoms with Crippen molar-refractivity contribution in [2.24, 2.45) is 5.92 Å². The van der Waals surface area contributed by atoms with Crippen molar-refractivity contribution in [1.29, 1.82) is 0 Å². The van der Waals surface area contributed by atoms with Gasteiger partial charge in [-0.2, -0.15) is 0 Å². The van der Waals surface area contributed by atoms with E-state index in [9.17, 15) is 5.11 Å². The van der Waals surface area contributed by atoms with Gasteiger partial charge in [-0.15, -0.1) is 11.8 Å². The molecule has 0 amide bonds. The molecule has 2 heterocycles. The van der Waals surface area contributed by atoms with Gasteiger partial charge in [0.1, 0.15) is 5.03 Å². The fraction of sp³-hybridized carbons (Fsp3) is 0.667. The molecule has 1 fully saturated rings. The summed E-state index contributed by atoms with van der Waals surface area (Å²) in [7, 11) is 0. The van der Waals surface area contributed by atoms with E-state index in [-0.39, 0.29) is 0 Å². The first-order valence-electron chi connectivity index (χ1n) is 6.00. The summed E-state index contributed by atoms with van der Waals surface area (Å²) in [5, 5.41) is 10.2. The van der Waals surface area contributed by atoms with E-state index in [4.69, 9.17) is 0 Å². The lowest BCUT2D eigenvalue weighted by molar-refractivity contribution is 0.114. The fourth-order valence-electron chi connectivity index (χ4n) is 2.29. The van der Waals surface area contributed by atoms with Crippen LogP contribution in [-0.2, 0) is 6.54 Å². The van der Waals surface area contributed by atoms with E-state index in [2.05, 4.69) is 14.9 Å². The summed E-state index contributed by atoms with van der Waals surface area (Å²) in [5.74, 6) is 0.429. The quantitative estimate of drug-likeness (QED) is 0.822. The van der Waals surface area contributed by atoms with Crippen molar-refractivity contribution in [3.05, 3.63) is 18.1 Å². The highest BCUT2D eigenvalue weighted by Gasteiger charge is 2.20. The van der Waals surface area contributed by atoms with Crippen LogP contribution in [0.2, 0.25) is 0 Å². The van der Waals surface area contributed by atoms with Gasteiger partial charge >= 0.3 is 0 Å². The van der Waals surface area contributed by atoms with Gasteiger partial charge in [0.05, 0.1) is 5.69 Å². The molecule has 1 atom stereocenters. The summed E-state index contributed by atoms with van der Waals surface area (Å²) >= 11 is 1.64. The Morgan fingerprint density at radius 3 is 3.06 bits per heavy atom. The standard InChI is InChI=1S/C12H19N3OS/c1-17-12-11(13-4-5-14-12)8-15-6-2-3-10(7-15)9-16/h4-5,10,16H,2-3,6-9H2,1H3/t10-/m1/s1. The number of likely N-dealkylation sites (tertiary alicyclic amines) is 1. The van der Waals surface area contributed by atoms with Gasteiger partial charge in [-0.1, -0.05) is 0 Å². The normalized spacial score (nSPS) is 21.6. The van der Waals surface area contributed by atoms with Gasteiger partial charge in [-0.3, -0.25) is 9.88 Å². The Morgan fingerprint density at radius 1 is 1.47 bits per heavy atom. The number of aliphatic hydroxyl groups excluding tert-OH is 1. The van der Waals surface area contributed by atoms with E-state index in [1.165, 1.54) is 6.42 Å². The summed E-state index contributed by atoms with van der Waals surface area (Å²) < 4.78 is 0. The molecule has 1 aliphatic rings. The van der Waals surface area contributed by atoms with E-state index in [0.29, 0.717) is 12.5 Å². The minimum atomic E-state index is 0.298. The topological polar surface area (TPSA) is 49.2 Å². The van der Waals surface area contributed by atoms with Gasteiger partial charge in [-0.25, -0.2) is 4.98 Å². The fourth-order valence-corrected chi connectivity index (χ4v) is 2.81. The summed E-state index contributed by atoms with van der Waals surface area (Å²) in [4.78, 5) is 11.1. The number of piperidine rings is 1. The van der Waals surface area contributed by atoms with Crippen LogP contribution in [0.3, 0.4) is 0 Å². The molecule has 0 aliphatic carbocycles. The maximum atomic E-state index is 9.22. The molecular weight excluding hydrogens is 234 g/mol. The van der Waals surface area contributed by atoms with Crippen LogP contribution in [-0.4, -0.2) is 45.9 Å². The zero-order valence-corrected chi connectivity index (χ0v) is 11.0. The zero-order chi connectivity index (χ0) is 12.1. The molecule has 5 heteroatoms. The number of rotatable bonds is 4. The molecule has 0 unspecified atom stereocenters. The molecule has 0 spiro atoms. The molecule has 0 radical (unpaired) electrons. The average molecular weight is 253 g/mol. The highest BCUT2D eigenvalue weighted by atomic mass is 32.2. The molecule has 94 valence electrons.